The first-order chi connectivity index (χ1) is 14.7. The van der Waals surface area contributed by atoms with Crippen LogP contribution in [-0.4, -0.2) is 47.6 Å². The second-order valence-electron chi connectivity index (χ2n) is 6.89. The molecule has 0 saturated carbocycles. The minimum Gasteiger partial charge on any atom is -0.399 e. The largest absolute Gasteiger partial charge is 0.460 e. The second kappa shape index (κ2) is 8.20. The summed E-state index contributed by atoms with van der Waals surface area (Å²) < 4.78 is 224. The summed E-state index contributed by atoms with van der Waals surface area (Å²) in [5, 5.41) is 0. The summed E-state index contributed by atoms with van der Waals surface area (Å²) in [6, 6.07) is 3.70. The highest BCUT2D eigenvalue weighted by Gasteiger charge is 2.95. The van der Waals surface area contributed by atoms with Crippen LogP contribution in [0.5, 0.6) is 0 Å². The molecule has 0 aliphatic rings. The SMILES string of the molecule is Nc1ccc(CCC(F)(F)C(F)(F)C(F)(F)C(F)(F)C(F)(F)C(F)(F)C(F)(F)C(F)(F)F)cc1. The Morgan fingerprint density at radius 1 is 0.471 bits per heavy atom. The number of hydrogen-bond donors (Lipinski definition) is 1. The molecular weight excluding hydrogens is 529 g/mol. The van der Waals surface area contributed by atoms with Gasteiger partial charge < -0.3 is 5.73 Å². The van der Waals surface area contributed by atoms with Crippen LogP contribution in [0.2, 0.25) is 0 Å². The number of benzene rings is 1. The van der Waals surface area contributed by atoms with E-state index in [9.17, 15) is 74.6 Å². The number of hydrogen-bond acceptors (Lipinski definition) is 1. The van der Waals surface area contributed by atoms with Crippen molar-refractivity contribution < 1.29 is 74.6 Å². The molecule has 0 aromatic heterocycles. The number of nitrogen functional groups attached to an aromatic ring is 1. The summed E-state index contributed by atoms with van der Waals surface area (Å²) in [5.41, 5.74) is 4.84. The highest BCUT2D eigenvalue weighted by molar-refractivity contribution is 5.39. The lowest BCUT2D eigenvalue weighted by molar-refractivity contribution is -0.461. The zero-order valence-corrected chi connectivity index (χ0v) is 15.7. The molecule has 2 N–H and O–H groups in total. The van der Waals surface area contributed by atoms with Gasteiger partial charge in [0.2, 0.25) is 0 Å². The van der Waals surface area contributed by atoms with Crippen LogP contribution in [0.15, 0.2) is 24.3 Å². The molecule has 34 heavy (non-hydrogen) atoms. The minimum absolute atomic E-state index is 0.00849. The quantitative estimate of drug-likeness (QED) is 0.261. The molecule has 0 saturated heterocycles. The van der Waals surface area contributed by atoms with Crippen molar-refractivity contribution in [2.24, 2.45) is 0 Å². The summed E-state index contributed by atoms with van der Waals surface area (Å²) in [5.74, 6) is -56.1. The maximum atomic E-state index is 13.8. The van der Waals surface area contributed by atoms with Crippen molar-refractivity contribution in [3.05, 3.63) is 29.8 Å². The standard InChI is InChI=1S/C16H10F17N/c17-9(18,6-5-7-1-3-8(34)4-2-7)10(19,20)11(21,22)12(23,24)13(25,26)14(27,28)15(29,30)16(31,32)33/h1-4H,5-6,34H2. The molecule has 1 nitrogen and oxygen atoms in total. The van der Waals surface area contributed by atoms with E-state index in [0.29, 0.717) is 0 Å². The Balaban J connectivity index is 3.45. The summed E-state index contributed by atoms with van der Waals surface area (Å²) in [4.78, 5) is 0. The lowest BCUT2D eigenvalue weighted by atomic mass is 9.87. The van der Waals surface area contributed by atoms with E-state index in [1.54, 1.807) is 0 Å². The van der Waals surface area contributed by atoms with Gasteiger partial charge >= 0.3 is 47.6 Å². The van der Waals surface area contributed by atoms with E-state index in [2.05, 4.69) is 0 Å². The van der Waals surface area contributed by atoms with Crippen LogP contribution in [0.25, 0.3) is 0 Å². The van der Waals surface area contributed by atoms with Crippen molar-refractivity contribution in [2.75, 3.05) is 5.73 Å². The molecule has 0 atom stereocenters. The maximum absolute atomic E-state index is 13.8. The topological polar surface area (TPSA) is 26.0 Å². The van der Waals surface area contributed by atoms with Gasteiger partial charge in [-0.05, 0) is 24.1 Å². The van der Waals surface area contributed by atoms with E-state index in [-0.39, 0.29) is 11.3 Å². The predicted octanol–water partition coefficient (Wildman–Crippen LogP) is 7.21. The third-order valence-electron chi connectivity index (χ3n) is 4.49. The Hall–Kier alpha value is -2.17. The number of anilines is 1. The van der Waals surface area contributed by atoms with Crippen LogP contribution in [0, 0.1) is 0 Å². The van der Waals surface area contributed by atoms with E-state index in [1.165, 1.54) is 0 Å². The van der Waals surface area contributed by atoms with Crippen molar-refractivity contribution in [1.29, 1.82) is 0 Å². The van der Waals surface area contributed by atoms with E-state index in [1.807, 2.05) is 0 Å². The number of halogens is 17. The van der Waals surface area contributed by atoms with Crippen molar-refractivity contribution >= 4 is 5.69 Å². The van der Waals surface area contributed by atoms with E-state index >= 15 is 0 Å². The van der Waals surface area contributed by atoms with Gasteiger partial charge in [0, 0.05) is 12.1 Å². The van der Waals surface area contributed by atoms with Crippen LogP contribution in [-0.2, 0) is 6.42 Å². The lowest BCUT2D eigenvalue weighted by Crippen LogP contribution is -2.74. The first kappa shape index (κ1) is 29.9. The molecule has 1 aromatic carbocycles. The van der Waals surface area contributed by atoms with Crippen molar-refractivity contribution in [1.82, 2.24) is 0 Å². The third kappa shape index (κ3) is 4.20. The molecule has 0 unspecified atom stereocenters. The number of aryl methyl sites for hydroxylation is 1. The number of nitrogens with two attached hydrogens (primary N) is 1. The summed E-state index contributed by atoms with van der Waals surface area (Å²) in [6.45, 7) is 0. The Morgan fingerprint density at radius 3 is 1.15 bits per heavy atom. The van der Waals surface area contributed by atoms with Crippen LogP contribution < -0.4 is 5.73 Å². The number of rotatable bonds is 9. The fourth-order valence-corrected chi connectivity index (χ4v) is 2.34. The van der Waals surface area contributed by atoms with E-state index in [0.717, 1.165) is 24.3 Å². The molecule has 1 aromatic rings. The van der Waals surface area contributed by atoms with Gasteiger partial charge in [-0.25, -0.2) is 0 Å². The summed E-state index contributed by atoms with van der Waals surface area (Å²) in [6.07, 6.45) is -11.6. The molecule has 0 spiro atoms. The molecular formula is C16H10F17N. The Kier molecular flexibility index (Phi) is 7.20. The van der Waals surface area contributed by atoms with Crippen LogP contribution in [0.1, 0.15) is 12.0 Å². The van der Waals surface area contributed by atoms with Gasteiger partial charge in [-0.3, -0.25) is 0 Å². The van der Waals surface area contributed by atoms with Gasteiger partial charge in [0.05, 0.1) is 0 Å². The van der Waals surface area contributed by atoms with Crippen LogP contribution in [0.3, 0.4) is 0 Å². The predicted molar refractivity (Wildman–Crippen MR) is 79.9 cm³/mol. The number of alkyl halides is 17. The normalized spacial score (nSPS) is 15.6. The monoisotopic (exact) mass is 539 g/mol. The highest BCUT2D eigenvalue weighted by Crippen LogP contribution is 2.64. The van der Waals surface area contributed by atoms with E-state index < -0.39 is 60.5 Å². The maximum Gasteiger partial charge on any atom is 0.460 e. The van der Waals surface area contributed by atoms with E-state index in [4.69, 9.17) is 5.73 Å². The van der Waals surface area contributed by atoms with Gasteiger partial charge in [-0.15, -0.1) is 0 Å². The third-order valence-corrected chi connectivity index (χ3v) is 4.49. The lowest BCUT2D eigenvalue weighted by Gasteiger charge is -2.42. The van der Waals surface area contributed by atoms with Gasteiger partial charge in [-0.1, -0.05) is 12.1 Å². The molecule has 0 fully saturated rings. The zero-order chi connectivity index (χ0) is 27.4. The Morgan fingerprint density at radius 2 is 0.794 bits per heavy atom. The average Bonchev–Trinajstić information content (AvgIpc) is 2.65. The molecule has 0 heterocycles. The molecule has 0 amide bonds. The molecule has 0 radical (unpaired) electrons. The molecule has 0 aliphatic heterocycles. The van der Waals surface area contributed by atoms with Crippen molar-refractivity contribution in [3.63, 3.8) is 0 Å². The molecule has 1 rings (SSSR count). The van der Waals surface area contributed by atoms with Gasteiger partial charge in [0.25, 0.3) is 0 Å². The highest BCUT2D eigenvalue weighted by atomic mass is 19.4. The Bertz CT molecular complexity index is 853. The van der Waals surface area contributed by atoms with Gasteiger partial charge in [-0.2, -0.15) is 74.6 Å². The molecule has 18 heteroatoms. The second-order valence-corrected chi connectivity index (χ2v) is 6.89. The van der Waals surface area contributed by atoms with Crippen molar-refractivity contribution in [2.45, 2.75) is 60.5 Å². The molecule has 198 valence electrons. The minimum atomic E-state index is -8.61. The average molecular weight is 539 g/mol. The first-order valence-corrected chi connectivity index (χ1v) is 8.28. The van der Waals surface area contributed by atoms with Gasteiger partial charge in [0.1, 0.15) is 0 Å². The zero-order valence-electron chi connectivity index (χ0n) is 15.7. The van der Waals surface area contributed by atoms with Crippen LogP contribution in [0.4, 0.5) is 80.3 Å². The fraction of sp³-hybridized carbons (Fsp3) is 0.625. The van der Waals surface area contributed by atoms with Gasteiger partial charge in [0.15, 0.2) is 0 Å². The smallest absolute Gasteiger partial charge is 0.399 e. The first-order valence-electron chi connectivity index (χ1n) is 8.28. The molecule has 0 aliphatic carbocycles. The Labute approximate surface area is 177 Å². The summed E-state index contributed by atoms with van der Waals surface area (Å²) in [7, 11) is 0. The summed E-state index contributed by atoms with van der Waals surface area (Å²) >= 11 is 0. The molecule has 0 bridgehead atoms. The fourth-order valence-electron chi connectivity index (χ4n) is 2.34. The van der Waals surface area contributed by atoms with Crippen LogP contribution >= 0.6 is 0 Å². The van der Waals surface area contributed by atoms with Crippen molar-refractivity contribution in [3.8, 4) is 0 Å².